The number of hydrogen-bond donors (Lipinski definition) is 0. The van der Waals surface area contributed by atoms with Crippen LogP contribution in [0.2, 0.25) is 0 Å². The topological polar surface area (TPSA) is 35.0 Å². The van der Waals surface area contributed by atoms with Crippen molar-refractivity contribution in [3.05, 3.63) is 23.2 Å². The van der Waals surface area contributed by atoms with Gasteiger partial charge in [0.2, 0.25) is 0 Å². The van der Waals surface area contributed by atoms with E-state index < -0.39 is 0 Å². The van der Waals surface area contributed by atoms with Crippen molar-refractivity contribution >= 4 is 11.5 Å². The Morgan fingerprint density at radius 1 is 1.38 bits per heavy atom. The maximum atomic E-state index is 5.21. The maximum absolute atomic E-state index is 5.21. The van der Waals surface area contributed by atoms with Crippen LogP contribution in [-0.4, -0.2) is 16.5 Å². The lowest BCUT2D eigenvalue weighted by Gasteiger charge is -2.27. The van der Waals surface area contributed by atoms with Crippen molar-refractivity contribution in [2.24, 2.45) is 5.92 Å². The number of methoxy groups -OCH3 is 1. The van der Waals surface area contributed by atoms with Crippen LogP contribution in [0, 0.1) is 12.8 Å². The fourth-order valence-corrected chi connectivity index (χ4v) is 3.13. The predicted molar refractivity (Wildman–Crippen MR) is 65.5 cm³/mol. The summed E-state index contributed by atoms with van der Waals surface area (Å²) in [6, 6.07) is 0. The number of allylic oxidation sites excluding steroid dienone is 1. The molecule has 1 aliphatic rings. The monoisotopic (exact) mass is 238 g/mol. The minimum Gasteiger partial charge on any atom is -0.501 e. The van der Waals surface area contributed by atoms with Crippen LogP contribution in [0.5, 0.6) is 0 Å². The Morgan fingerprint density at radius 2 is 2.06 bits per heavy atom. The van der Waals surface area contributed by atoms with E-state index in [1.165, 1.54) is 17.8 Å². The molecule has 3 nitrogen and oxygen atoms in total. The van der Waals surface area contributed by atoms with Gasteiger partial charge in [-0.05, 0) is 44.1 Å². The number of ether oxygens (including phenoxy) is 1. The number of nitrogens with zero attached hydrogens (tertiary/aromatic N) is 2. The number of aryl methyl sites for hydroxylation is 1. The van der Waals surface area contributed by atoms with E-state index in [1.807, 2.05) is 6.92 Å². The summed E-state index contributed by atoms with van der Waals surface area (Å²) in [5.41, 5.74) is 0. The van der Waals surface area contributed by atoms with Crippen molar-refractivity contribution in [2.45, 2.75) is 38.5 Å². The van der Waals surface area contributed by atoms with Gasteiger partial charge < -0.3 is 4.74 Å². The average molecular weight is 238 g/mol. The van der Waals surface area contributed by atoms with Gasteiger partial charge in [0.1, 0.15) is 10.8 Å². The van der Waals surface area contributed by atoms with Gasteiger partial charge in [-0.3, -0.25) is 0 Å². The van der Waals surface area contributed by atoms with Crippen molar-refractivity contribution in [3.63, 3.8) is 0 Å². The molecule has 4 heteroatoms. The van der Waals surface area contributed by atoms with Gasteiger partial charge in [0.25, 0.3) is 0 Å². The lowest BCUT2D eigenvalue weighted by molar-refractivity contribution is 0.208. The second-order valence-corrected chi connectivity index (χ2v) is 5.18. The highest BCUT2D eigenvalue weighted by Gasteiger charge is 2.26. The molecule has 0 radical (unpaired) electrons. The van der Waals surface area contributed by atoms with Gasteiger partial charge in [-0.2, -0.15) is 4.37 Å². The van der Waals surface area contributed by atoms with Crippen molar-refractivity contribution in [3.8, 4) is 0 Å². The molecule has 0 spiro atoms. The molecule has 88 valence electrons. The Balaban J connectivity index is 1.92. The average Bonchev–Trinajstić information content (AvgIpc) is 2.75. The summed E-state index contributed by atoms with van der Waals surface area (Å²) in [5, 5.41) is 1.21. The van der Waals surface area contributed by atoms with Crippen LogP contribution in [0.25, 0.3) is 0 Å². The Labute approximate surface area is 101 Å². The predicted octanol–water partition coefficient (Wildman–Crippen LogP) is 3.28. The molecule has 1 fully saturated rings. The zero-order valence-electron chi connectivity index (χ0n) is 9.90. The molecule has 0 aromatic carbocycles. The van der Waals surface area contributed by atoms with E-state index in [2.05, 4.69) is 15.9 Å². The molecule has 1 heterocycles. The molecule has 0 bridgehead atoms. The van der Waals surface area contributed by atoms with Crippen LogP contribution in [0.4, 0.5) is 0 Å². The highest BCUT2D eigenvalue weighted by molar-refractivity contribution is 7.05. The van der Waals surface area contributed by atoms with Crippen LogP contribution in [0.3, 0.4) is 0 Å². The smallest absolute Gasteiger partial charge is 0.139 e. The third kappa shape index (κ3) is 2.43. The fourth-order valence-electron chi connectivity index (χ4n) is 2.31. The van der Waals surface area contributed by atoms with Crippen LogP contribution in [-0.2, 0) is 4.74 Å². The molecule has 1 aromatic heterocycles. The molecule has 1 saturated carbocycles. The third-order valence-corrected chi connectivity index (χ3v) is 4.30. The highest BCUT2D eigenvalue weighted by Crippen LogP contribution is 2.38. The molecule has 2 rings (SSSR count). The quantitative estimate of drug-likeness (QED) is 0.758. The molecule has 0 amide bonds. The SMILES string of the molecule is C=C(OC)[C@H]1CC[C@H](c2nc(C)ns2)CC1. The number of rotatable bonds is 3. The number of aromatic nitrogens is 2. The second kappa shape index (κ2) is 4.95. The molecule has 0 atom stereocenters. The van der Waals surface area contributed by atoms with E-state index in [4.69, 9.17) is 4.74 Å². The largest absolute Gasteiger partial charge is 0.501 e. The summed E-state index contributed by atoms with van der Waals surface area (Å²) in [7, 11) is 1.71. The zero-order chi connectivity index (χ0) is 11.5. The van der Waals surface area contributed by atoms with Crippen LogP contribution < -0.4 is 0 Å². The third-order valence-electron chi connectivity index (χ3n) is 3.34. The fraction of sp³-hybridized carbons (Fsp3) is 0.667. The molecular formula is C12H18N2OS. The maximum Gasteiger partial charge on any atom is 0.139 e. The zero-order valence-corrected chi connectivity index (χ0v) is 10.7. The van der Waals surface area contributed by atoms with Crippen molar-refractivity contribution in [1.82, 2.24) is 9.36 Å². The van der Waals surface area contributed by atoms with Gasteiger partial charge >= 0.3 is 0 Å². The Bertz CT molecular complexity index is 367. The minimum atomic E-state index is 0.537. The molecule has 0 aliphatic heterocycles. The molecule has 1 aromatic rings. The van der Waals surface area contributed by atoms with Gasteiger partial charge in [-0.25, -0.2) is 4.98 Å². The van der Waals surface area contributed by atoms with Crippen LogP contribution in [0.1, 0.15) is 42.4 Å². The standard InChI is InChI=1S/C12H18N2OS/c1-8(15-3)10-4-6-11(7-5-10)12-13-9(2)14-16-12/h10-11H,1,4-7H2,2-3H3/t10-,11-. The van der Waals surface area contributed by atoms with Crippen LogP contribution >= 0.6 is 11.5 Å². The first kappa shape index (κ1) is 11.6. The summed E-state index contributed by atoms with van der Waals surface area (Å²) in [5.74, 6) is 2.98. The number of hydrogen-bond acceptors (Lipinski definition) is 4. The minimum absolute atomic E-state index is 0.537. The van der Waals surface area contributed by atoms with E-state index in [0.717, 1.165) is 24.4 Å². The Morgan fingerprint density at radius 3 is 2.56 bits per heavy atom. The molecule has 16 heavy (non-hydrogen) atoms. The molecule has 0 N–H and O–H groups in total. The summed E-state index contributed by atoms with van der Waals surface area (Å²) in [4.78, 5) is 4.48. The molecule has 0 unspecified atom stereocenters. The Kier molecular flexibility index (Phi) is 3.59. The second-order valence-electron chi connectivity index (χ2n) is 4.40. The van der Waals surface area contributed by atoms with Gasteiger partial charge in [0.05, 0.1) is 12.9 Å². The molecular weight excluding hydrogens is 220 g/mol. The first-order chi connectivity index (χ1) is 7.70. The van der Waals surface area contributed by atoms with Crippen molar-refractivity contribution < 1.29 is 4.74 Å². The van der Waals surface area contributed by atoms with Gasteiger partial charge in [0.15, 0.2) is 0 Å². The van der Waals surface area contributed by atoms with E-state index in [-0.39, 0.29) is 0 Å². The van der Waals surface area contributed by atoms with Crippen molar-refractivity contribution in [2.75, 3.05) is 7.11 Å². The summed E-state index contributed by atoms with van der Waals surface area (Å²) in [6.45, 7) is 5.91. The summed E-state index contributed by atoms with van der Waals surface area (Å²) >= 11 is 1.56. The first-order valence-corrected chi connectivity index (χ1v) is 6.51. The summed E-state index contributed by atoms with van der Waals surface area (Å²) < 4.78 is 9.47. The highest BCUT2D eigenvalue weighted by atomic mass is 32.1. The van der Waals surface area contributed by atoms with E-state index in [1.54, 1.807) is 18.6 Å². The lowest BCUT2D eigenvalue weighted by Crippen LogP contribution is -2.15. The van der Waals surface area contributed by atoms with Gasteiger partial charge in [0, 0.05) is 11.8 Å². The van der Waals surface area contributed by atoms with E-state index in [0.29, 0.717) is 11.8 Å². The van der Waals surface area contributed by atoms with E-state index >= 15 is 0 Å². The summed E-state index contributed by atoms with van der Waals surface area (Å²) in [6.07, 6.45) is 4.69. The van der Waals surface area contributed by atoms with Gasteiger partial charge in [-0.15, -0.1) is 0 Å². The normalized spacial score (nSPS) is 25.4. The van der Waals surface area contributed by atoms with Gasteiger partial charge in [-0.1, -0.05) is 6.58 Å². The van der Waals surface area contributed by atoms with Crippen LogP contribution in [0.15, 0.2) is 12.3 Å². The van der Waals surface area contributed by atoms with E-state index in [9.17, 15) is 0 Å². The Hall–Kier alpha value is -0.900. The molecule has 1 aliphatic carbocycles. The lowest BCUT2D eigenvalue weighted by atomic mass is 9.81. The first-order valence-electron chi connectivity index (χ1n) is 5.73. The van der Waals surface area contributed by atoms with Crippen molar-refractivity contribution in [1.29, 1.82) is 0 Å². The molecule has 0 saturated heterocycles.